The highest BCUT2D eigenvalue weighted by atomic mass is 15.2. The molecule has 0 saturated carbocycles. The average molecular weight is 214 g/mol. The van der Waals surface area contributed by atoms with Crippen LogP contribution in [-0.2, 0) is 0 Å². The van der Waals surface area contributed by atoms with Crippen molar-refractivity contribution < 1.29 is 0 Å². The van der Waals surface area contributed by atoms with Gasteiger partial charge in [0.25, 0.3) is 0 Å². The van der Waals surface area contributed by atoms with Crippen LogP contribution in [-0.4, -0.2) is 51.1 Å². The lowest BCUT2D eigenvalue weighted by molar-refractivity contribution is 0.399. The van der Waals surface area contributed by atoms with Crippen molar-refractivity contribution in [3.8, 4) is 0 Å². The molecule has 0 saturated heterocycles. The zero-order valence-corrected chi connectivity index (χ0v) is 10.6. The molecular formula is C11H26N4. The Labute approximate surface area is 94.1 Å². The zero-order valence-electron chi connectivity index (χ0n) is 10.6. The zero-order chi connectivity index (χ0) is 11.5. The molecule has 0 fully saturated rings. The molecule has 0 spiro atoms. The molecule has 0 radical (unpaired) electrons. The second kappa shape index (κ2) is 9.77. The molecule has 90 valence electrons. The van der Waals surface area contributed by atoms with Gasteiger partial charge in [0.05, 0.1) is 0 Å². The molecule has 4 nitrogen and oxygen atoms in total. The summed E-state index contributed by atoms with van der Waals surface area (Å²) in [5.74, 6) is 0.943. The summed E-state index contributed by atoms with van der Waals surface area (Å²) >= 11 is 0. The van der Waals surface area contributed by atoms with Crippen LogP contribution in [0.4, 0.5) is 0 Å². The molecule has 4 heteroatoms. The van der Waals surface area contributed by atoms with E-state index in [0.717, 1.165) is 45.0 Å². The summed E-state index contributed by atoms with van der Waals surface area (Å²) in [7, 11) is 4.19. The number of rotatable bonds is 7. The number of hydrogen-bond donors (Lipinski definition) is 2. The van der Waals surface area contributed by atoms with Crippen LogP contribution in [0.5, 0.6) is 0 Å². The first kappa shape index (κ1) is 14.2. The lowest BCUT2D eigenvalue weighted by atomic mass is 10.4. The molecule has 0 aliphatic heterocycles. The SMILES string of the molecule is CCCN=C(NCC)NCCCN(C)C. The van der Waals surface area contributed by atoms with Crippen molar-refractivity contribution >= 4 is 5.96 Å². The number of guanidine groups is 1. The van der Waals surface area contributed by atoms with E-state index in [2.05, 4.69) is 48.5 Å². The smallest absolute Gasteiger partial charge is 0.191 e. The number of hydrogen-bond acceptors (Lipinski definition) is 2. The van der Waals surface area contributed by atoms with Crippen molar-refractivity contribution in [2.45, 2.75) is 26.7 Å². The number of nitrogens with zero attached hydrogens (tertiary/aromatic N) is 2. The minimum atomic E-state index is 0.892. The molecule has 2 N–H and O–H groups in total. The van der Waals surface area contributed by atoms with Gasteiger partial charge in [0.2, 0.25) is 0 Å². The van der Waals surface area contributed by atoms with Crippen LogP contribution in [0.25, 0.3) is 0 Å². The first-order valence-corrected chi connectivity index (χ1v) is 5.87. The molecule has 0 bridgehead atoms. The molecule has 0 aliphatic carbocycles. The number of nitrogens with one attached hydrogen (secondary N) is 2. The van der Waals surface area contributed by atoms with E-state index in [4.69, 9.17) is 0 Å². The van der Waals surface area contributed by atoms with Gasteiger partial charge in [0, 0.05) is 19.6 Å². The van der Waals surface area contributed by atoms with Crippen molar-refractivity contribution in [2.24, 2.45) is 4.99 Å². The Morgan fingerprint density at radius 1 is 1.20 bits per heavy atom. The Hall–Kier alpha value is -0.770. The van der Waals surface area contributed by atoms with Crippen LogP contribution in [0.1, 0.15) is 26.7 Å². The quantitative estimate of drug-likeness (QED) is 0.376. The van der Waals surface area contributed by atoms with Crippen LogP contribution in [0.3, 0.4) is 0 Å². The van der Waals surface area contributed by atoms with E-state index < -0.39 is 0 Å². The molecule has 0 heterocycles. The molecular weight excluding hydrogens is 188 g/mol. The van der Waals surface area contributed by atoms with Crippen LogP contribution < -0.4 is 10.6 Å². The monoisotopic (exact) mass is 214 g/mol. The van der Waals surface area contributed by atoms with Gasteiger partial charge in [-0.25, -0.2) is 0 Å². The van der Waals surface area contributed by atoms with E-state index in [9.17, 15) is 0 Å². The normalized spacial score (nSPS) is 11.9. The minimum Gasteiger partial charge on any atom is -0.357 e. The van der Waals surface area contributed by atoms with E-state index in [1.165, 1.54) is 0 Å². The third kappa shape index (κ3) is 9.53. The van der Waals surface area contributed by atoms with Gasteiger partial charge in [-0.3, -0.25) is 4.99 Å². The predicted molar refractivity (Wildman–Crippen MR) is 67.4 cm³/mol. The first-order chi connectivity index (χ1) is 7.20. The topological polar surface area (TPSA) is 39.7 Å². The summed E-state index contributed by atoms with van der Waals surface area (Å²) in [6.07, 6.45) is 2.23. The van der Waals surface area contributed by atoms with Gasteiger partial charge in [-0.05, 0) is 40.4 Å². The van der Waals surface area contributed by atoms with Crippen molar-refractivity contribution in [3.05, 3.63) is 0 Å². The fraction of sp³-hybridized carbons (Fsp3) is 0.909. The fourth-order valence-electron chi connectivity index (χ4n) is 1.17. The molecule has 0 unspecified atom stereocenters. The van der Waals surface area contributed by atoms with Crippen LogP contribution >= 0.6 is 0 Å². The molecule has 0 aromatic carbocycles. The maximum absolute atomic E-state index is 4.43. The molecule has 0 aromatic rings. The highest BCUT2D eigenvalue weighted by molar-refractivity contribution is 5.79. The van der Waals surface area contributed by atoms with Gasteiger partial charge >= 0.3 is 0 Å². The Morgan fingerprint density at radius 2 is 1.93 bits per heavy atom. The largest absolute Gasteiger partial charge is 0.357 e. The van der Waals surface area contributed by atoms with Gasteiger partial charge < -0.3 is 15.5 Å². The van der Waals surface area contributed by atoms with E-state index >= 15 is 0 Å². The lowest BCUT2D eigenvalue weighted by Crippen LogP contribution is -2.38. The van der Waals surface area contributed by atoms with Gasteiger partial charge in [-0.2, -0.15) is 0 Å². The van der Waals surface area contributed by atoms with Gasteiger partial charge in [-0.1, -0.05) is 6.92 Å². The highest BCUT2D eigenvalue weighted by Gasteiger charge is 1.95. The predicted octanol–water partition coefficient (Wildman–Crippen LogP) is 0.903. The summed E-state index contributed by atoms with van der Waals surface area (Å²) in [6.45, 7) is 8.13. The van der Waals surface area contributed by atoms with Crippen LogP contribution in [0.15, 0.2) is 4.99 Å². The van der Waals surface area contributed by atoms with Crippen LogP contribution in [0, 0.1) is 0 Å². The van der Waals surface area contributed by atoms with Gasteiger partial charge in [0.15, 0.2) is 5.96 Å². The Balaban J connectivity index is 3.65. The van der Waals surface area contributed by atoms with E-state index in [1.807, 2.05) is 0 Å². The third-order valence-electron chi connectivity index (χ3n) is 1.91. The minimum absolute atomic E-state index is 0.892. The van der Waals surface area contributed by atoms with E-state index in [-0.39, 0.29) is 0 Å². The maximum atomic E-state index is 4.43. The molecule has 0 amide bonds. The number of aliphatic imine (C=N–C) groups is 1. The average Bonchev–Trinajstić information content (AvgIpc) is 2.20. The molecule has 0 aliphatic rings. The van der Waals surface area contributed by atoms with Crippen molar-refractivity contribution in [1.29, 1.82) is 0 Å². The molecule has 0 rings (SSSR count). The Bertz CT molecular complexity index is 166. The standard InChI is InChI=1S/C11H26N4/c1-5-8-13-11(12-6-2)14-9-7-10-15(3)4/h5-10H2,1-4H3,(H2,12,13,14). The van der Waals surface area contributed by atoms with Crippen LogP contribution in [0.2, 0.25) is 0 Å². The summed E-state index contributed by atoms with van der Waals surface area (Å²) in [5.41, 5.74) is 0. The van der Waals surface area contributed by atoms with E-state index in [0.29, 0.717) is 0 Å². The highest BCUT2D eigenvalue weighted by Crippen LogP contribution is 1.82. The van der Waals surface area contributed by atoms with Gasteiger partial charge in [-0.15, -0.1) is 0 Å². The van der Waals surface area contributed by atoms with Gasteiger partial charge in [0.1, 0.15) is 0 Å². The summed E-state index contributed by atoms with van der Waals surface area (Å²) in [6, 6.07) is 0. The van der Waals surface area contributed by atoms with Crippen molar-refractivity contribution in [1.82, 2.24) is 15.5 Å². The Kier molecular flexibility index (Phi) is 9.27. The first-order valence-electron chi connectivity index (χ1n) is 5.87. The second-order valence-electron chi connectivity index (χ2n) is 3.84. The molecule has 0 aromatic heterocycles. The third-order valence-corrected chi connectivity index (χ3v) is 1.91. The van der Waals surface area contributed by atoms with Crippen molar-refractivity contribution in [3.63, 3.8) is 0 Å². The summed E-state index contributed by atoms with van der Waals surface area (Å²) in [5, 5.41) is 6.55. The summed E-state index contributed by atoms with van der Waals surface area (Å²) < 4.78 is 0. The maximum Gasteiger partial charge on any atom is 0.191 e. The Morgan fingerprint density at radius 3 is 2.47 bits per heavy atom. The van der Waals surface area contributed by atoms with Crippen molar-refractivity contribution in [2.75, 3.05) is 40.3 Å². The molecule has 0 atom stereocenters. The van der Waals surface area contributed by atoms with E-state index in [1.54, 1.807) is 0 Å². The second-order valence-corrected chi connectivity index (χ2v) is 3.84. The summed E-state index contributed by atoms with van der Waals surface area (Å²) in [4.78, 5) is 6.62. The molecule has 15 heavy (non-hydrogen) atoms. The fourth-order valence-corrected chi connectivity index (χ4v) is 1.17. The lowest BCUT2D eigenvalue weighted by Gasteiger charge is -2.13.